The largest absolute Gasteiger partial charge is 0.480 e. The number of amides is 1. The fourth-order valence-corrected chi connectivity index (χ4v) is 12.5. The van der Waals surface area contributed by atoms with Crippen molar-refractivity contribution in [1.82, 2.24) is 24.8 Å². The van der Waals surface area contributed by atoms with Crippen molar-refractivity contribution in [3.8, 4) is 0 Å². The van der Waals surface area contributed by atoms with E-state index in [9.17, 15) is 44.1 Å². The number of aliphatic hydroxyl groups is 2. The van der Waals surface area contributed by atoms with E-state index >= 15 is 0 Å². The number of rotatable bonds is 10. The van der Waals surface area contributed by atoms with Crippen molar-refractivity contribution in [2.24, 2.45) is 35.5 Å². The molecule has 78 heavy (non-hydrogen) atoms. The number of esters is 1. The third kappa shape index (κ3) is 15.6. The molecular formula is C59H89N5O14. The van der Waals surface area contributed by atoms with Crippen LogP contribution in [-0.2, 0) is 59.0 Å². The zero-order valence-corrected chi connectivity index (χ0v) is 47.8. The van der Waals surface area contributed by atoms with Gasteiger partial charge in [0.25, 0.3) is 11.7 Å². The molecule has 434 valence electrons. The number of aromatic nitrogens is 3. The number of nitrogens with zero attached hydrogens (tertiary/aromatic N) is 5. The molecule has 16 atom stereocenters. The Bertz CT molecular complexity index is 2370. The topological polar surface area (TPSA) is 246 Å². The number of Topliss-reactive ketones (excluding diaryl/α,β-unsaturated/α-hetero) is 3. The Morgan fingerprint density at radius 2 is 1.63 bits per heavy atom. The van der Waals surface area contributed by atoms with Crippen LogP contribution < -0.4 is 0 Å². The molecule has 1 aromatic heterocycles. The number of carbonyl (C=O) groups excluding carboxylic acids is 5. The number of hydrogen-bond donors (Lipinski definition) is 3. The molecule has 5 aliphatic rings. The molecule has 2 bridgehead atoms. The number of carboxylic acids is 1. The molecule has 19 nitrogen and oxygen atoms in total. The van der Waals surface area contributed by atoms with E-state index in [0.29, 0.717) is 88.6 Å². The molecule has 19 heteroatoms. The molecule has 0 unspecified atom stereocenters. The molecule has 3 N–H and O–H groups in total. The molecule has 0 aromatic carbocycles. The van der Waals surface area contributed by atoms with Gasteiger partial charge in [-0.1, -0.05) is 76.3 Å². The van der Waals surface area contributed by atoms with Gasteiger partial charge in [-0.05, 0) is 126 Å². The second-order valence-corrected chi connectivity index (χ2v) is 23.2. The first kappa shape index (κ1) is 62.4. The summed E-state index contributed by atoms with van der Waals surface area (Å²) in [5.74, 6) is -9.07. The highest BCUT2D eigenvalue weighted by molar-refractivity contribution is 6.39. The number of ether oxygens (including phenoxy) is 5. The second kappa shape index (κ2) is 28.6. The van der Waals surface area contributed by atoms with Gasteiger partial charge in [-0.3, -0.25) is 28.9 Å². The number of methoxy groups -OCH3 is 3. The van der Waals surface area contributed by atoms with Crippen LogP contribution in [0.5, 0.6) is 0 Å². The number of fused-ring (bicyclic) bond motifs is 3. The van der Waals surface area contributed by atoms with Crippen LogP contribution in [0, 0.1) is 35.5 Å². The summed E-state index contributed by atoms with van der Waals surface area (Å²) in [7, 11) is 4.60. The molecular weight excluding hydrogens is 1000 g/mol. The van der Waals surface area contributed by atoms with Gasteiger partial charge in [0.15, 0.2) is 5.78 Å². The summed E-state index contributed by atoms with van der Waals surface area (Å²) in [5.41, 5.74) is 1.92. The number of allylic oxidation sites excluding steroid dienone is 6. The van der Waals surface area contributed by atoms with Gasteiger partial charge in [-0.25, -0.2) is 9.48 Å². The molecule has 3 saturated heterocycles. The Morgan fingerprint density at radius 1 is 0.872 bits per heavy atom. The average molecular weight is 1090 g/mol. The minimum Gasteiger partial charge on any atom is -0.480 e. The highest BCUT2D eigenvalue weighted by Crippen LogP contribution is 2.40. The number of ketones is 3. The summed E-state index contributed by atoms with van der Waals surface area (Å²) in [6.45, 7) is 13.8. The van der Waals surface area contributed by atoms with Gasteiger partial charge >= 0.3 is 11.9 Å². The quantitative estimate of drug-likeness (QED) is 0.125. The third-order valence-corrected chi connectivity index (χ3v) is 17.4. The molecule has 4 fully saturated rings. The number of cyclic esters (lactones) is 1. The van der Waals surface area contributed by atoms with Crippen molar-refractivity contribution in [2.45, 2.75) is 205 Å². The highest BCUT2D eigenvalue weighted by atomic mass is 16.6. The van der Waals surface area contributed by atoms with E-state index in [1.54, 1.807) is 41.1 Å². The average Bonchev–Trinajstić information content (AvgIpc) is 4.10. The van der Waals surface area contributed by atoms with Gasteiger partial charge in [0, 0.05) is 65.0 Å². The van der Waals surface area contributed by atoms with Crippen LogP contribution >= 0.6 is 0 Å². The van der Waals surface area contributed by atoms with Crippen molar-refractivity contribution in [3.63, 3.8) is 0 Å². The molecule has 1 aromatic rings. The van der Waals surface area contributed by atoms with Gasteiger partial charge in [0.1, 0.15) is 36.2 Å². The van der Waals surface area contributed by atoms with E-state index in [0.717, 1.165) is 18.4 Å². The number of aliphatic carboxylic acids is 1. The predicted octanol–water partition coefficient (Wildman–Crippen LogP) is 6.70. The van der Waals surface area contributed by atoms with Crippen LogP contribution in [0.4, 0.5) is 0 Å². The summed E-state index contributed by atoms with van der Waals surface area (Å²) in [5, 5.41) is 42.2. The van der Waals surface area contributed by atoms with E-state index in [-0.39, 0.29) is 60.9 Å². The summed E-state index contributed by atoms with van der Waals surface area (Å²) in [4.78, 5) is 86.7. The number of likely N-dealkylation sites (tertiary alicyclic amines) is 1. The molecule has 5 heterocycles. The van der Waals surface area contributed by atoms with Crippen molar-refractivity contribution in [1.29, 1.82) is 0 Å². The lowest BCUT2D eigenvalue weighted by Crippen LogP contribution is -2.61. The molecule has 0 radical (unpaired) electrons. The van der Waals surface area contributed by atoms with Crippen molar-refractivity contribution in [2.75, 3.05) is 34.4 Å². The predicted molar refractivity (Wildman–Crippen MR) is 289 cm³/mol. The van der Waals surface area contributed by atoms with Gasteiger partial charge < -0.3 is 43.9 Å². The van der Waals surface area contributed by atoms with Crippen LogP contribution in [-0.4, -0.2) is 164 Å². The normalized spacial score (nSPS) is 36.8. The minimum absolute atomic E-state index is 0.00178. The summed E-state index contributed by atoms with van der Waals surface area (Å²) in [6.07, 6.45) is 15.0. The lowest BCUT2D eigenvalue weighted by Gasteiger charge is -2.42. The number of carboxylic acid groups (broad SMARTS) is 1. The van der Waals surface area contributed by atoms with Crippen LogP contribution in [0.1, 0.15) is 150 Å². The zero-order valence-electron chi connectivity index (χ0n) is 47.8. The van der Waals surface area contributed by atoms with Crippen molar-refractivity contribution < 1.29 is 67.8 Å². The van der Waals surface area contributed by atoms with Gasteiger partial charge in [0.05, 0.1) is 36.2 Å². The smallest absolute Gasteiger partial charge is 0.329 e. The number of piperidine rings is 1. The highest BCUT2D eigenvalue weighted by Gasteiger charge is 2.53. The molecule has 0 spiro atoms. The maximum atomic E-state index is 14.7. The van der Waals surface area contributed by atoms with Crippen LogP contribution in [0.3, 0.4) is 0 Å². The SMILES string of the molecule is CO[C@H]1C[C@@H]2CC[C@@H](C)[C@@](O)(O2)C(=O)C(=O)N2CCCC[C@H]2C(=O)O[C@H]([C@H](C)C[C@@H]2CC[C@H](n3cc(CN4CCC[C@@H]4C(=O)O)nn3)[C@H](OC)C2)CC(=O)[C@H](C)/C=C(\C)[C@@H](O)[C@@H](OC)C(=O)[C@H](C)C[C@H](C)/C=C/C=CC=C1C. The Labute approximate surface area is 461 Å². The third-order valence-electron chi connectivity index (χ3n) is 17.4. The molecule has 6 rings (SSSR count). The van der Waals surface area contributed by atoms with E-state index in [1.165, 1.54) is 12.0 Å². The van der Waals surface area contributed by atoms with E-state index < -0.39 is 89.8 Å². The van der Waals surface area contributed by atoms with Crippen LogP contribution in [0.15, 0.2) is 53.8 Å². The van der Waals surface area contributed by atoms with Crippen molar-refractivity contribution in [3.05, 3.63) is 59.5 Å². The maximum absolute atomic E-state index is 14.7. The Balaban J connectivity index is 1.26. The first-order valence-electron chi connectivity index (χ1n) is 28.5. The standard InChI is InChI=1S/C59H89N5O14/c1-35-17-12-11-13-18-36(2)49(74-8)31-44-23-21-41(7)59(73,78-44)55(68)56(69)63-26-15-14-19-47(63)58(72)77-50(32-48(65)37(3)28-40(6)53(67)54(76-10)52(66)39(5)27-35)38(4)29-42-22-24-45(51(30-42)75-9)64-34-43(60-61-64)33-62-25-16-20-46(62)57(70)71/h11-13,17-18,28,34-35,37-39,41-42,44-47,49-51,53-54,67,73H,14-16,19-27,29-33H2,1-10H3,(H,70,71)/b13-11?,17-12+,36-18?,40-28+/t35-,37-,38-,39-,41-,42+,44+,45+,46-,47+,49+,50+,51-,53-,54+,59-/m1/s1. The van der Waals surface area contributed by atoms with E-state index in [4.69, 9.17) is 23.7 Å². The number of hydrogen-bond acceptors (Lipinski definition) is 16. The fourth-order valence-electron chi connectivity index (χ4n) is 12.5. The fraction of sp³-hybridized carbons (Fsp3) is 0.729. The lowest BCUT2D eigenvalue weighted by molar-refractivity contribution is -0.265. The van der Waals surface area contributed by atoms with Crippen molar-refractivity contribution >= 4 is 35.2 Å². The summed E-state index contributed by atoms with van der Waals surface area (Å²) < 4.78 is 32.0. The van der Waals surface area contributed by atoms with Crippen LogP contribution in [0.25, 0.3) is 0 Å². The molecule has 4 aliphatic heterocycles. The van der Waals surface area contributed by atoms with E-state index in [2.05, 4.69) is 10.3 Å². The summed E-state index contributed by atoms with van der Waals surface area (Å²) in [6, 6.07) is -1.86. The van der Waals surface area contributed by atoms with Gasteiger partial charge in [-0.15, -0.1) is 5.10 Å². The lowest BCUT2D eigenvalue weighted by atomic mass is 9.77. The monoisotopic (exact) mass is 1090 g/mol. The first-order chi connectivity index (χ1) is 37.1. The van der Waals surface area contributed by atoms with Gasteiger partial charge in [-0.2, -0.15) is 0 Å². The number of carbonyl (C=O) groups is 6. The first-order valence-corrected chi connectivity index (χ1v) is 28.5. The zero-order chi connectivity index (χ0) is 57.0. The van der Waals surface area contributed by atoms with Crippen LogP contribution in [0.2, 0.25) is 0 Å². The number of aliphatic hydroxyl groups excluding tert-OH is 1. The molecule has 1 saturated carbocycles. The Kier molecular flexibility index (Phi) is 22.9. The van der Waals surface area contributed by atoms with Gasteiger partial charge in [0.2, 0.25) is 5.79 Å². The van der Waals surface area contributed by atoms with E-state index in [1.807, 2.05) is 73.9 Å². The molecule has 1 amide bonds. The minimum atomic E-state index is -2.46. The molecule has 1 aliphatic carbocycles. The maximum Gasteiger partial charge on any atom is 0.329 e. The Hall–Kier alpha value is -4.76. The summed E-state index contributed by atoms with van der Waals surface area (Å²) >= 11 is 0. The Morgan fingerprint density at radius 3 is 2.33 bits per heavy atom. The second-order valence-electron chi connectivity index (χ2n) is 23.2.